The Kier molecular flexibility index (Phi) is 5.46. The SMILES string of the molecule is CC(C)n1cnc2cnc(Nc3ccnc(N4CCC(N5CCCS5(=O)=O)CC4)n3)cc21. The van der Waals surface area contributed by atoms with Gasteiger partial charge in [0.1, 0.15) is 17.2 Å². The molecule has 0 aromatic carbocycles. The molecule has 2 saturated heterocycles. The molecule has 10 nitrogen and oxygen atoms in total. The van der Waals surface area contributed by atoms with Crippen LogP contribution in [-0.4, -0.2) is 68.7 Å². The zero-order chi connectivity index (χ0) is 22.3. The Balaban J connectivity index is 1.28. The molecule has 0 aliphatic carbocycles. The highest BCUT2D eigenvalue weighted by atomic mass is 32.2. The minimum absolute atomic E-state index is 0.0850. The Bertz CT molecular complexity index is 1220. The molecule has 2 fully saturated rings. The second kappa shape index (κ2) is 8.28. The predicted molar refractivity (Wildman–Crippen MR) is 124 cm³/mol. The predicted octanol–water partition coefficient (Wildman–Crippen LogP) is 2.55. The van der Waals surface area contributed by atoms with Crippen LogP contribution in [0.1, 0.15) is 39.2 Å². The van der Waals surface area contributed by atoms with Crippen LogP contribution in [0.25, 0.3) is 11.0 Å². The number of rotatable bonds is 5. The van der Waals surface area contributed by atoms with Crippen molar-refractivity contribution in [2.45, 2.75) is 45.2 Å². The van der Waals surface area contributed by atoms with Gasteiger partial charge in [0.25, 0.3) is 0 Å². The second-order valence-corrected chi connectivity index (χ2v) is 10.7. The van der Waals surface area contributed by atoms with E-state index in [9.17, 15) is 8.42 Å². The summed E-state index contributed by atoms with van der Waals surface area (Å²) < 4.78 is 28.3. The molecule has 0 amide bonds. The van der Waals surface area contributed by atoms with E-state index in [0.29, 0.717) is 30.2 Å². The summed E-state index contributed by atoms with van der Waals surface area (Å²) in [6.07, 6.45) is 7.64. The van der Waals surface area contributed by atoms with Gasteiger partial charge in [-0.2, -0.15) is 9.29 Å². The molecule has 0 radical (unpaired) electrons. The molecule has 0 atom stereocenters. The number of nitrogens with zero attached hydrogens (tertiary/aromatic N) is 7. The lowest BCUT2D eigenvalue weighted by Gasteiger charge is -2.35. The van der Waals surface area contributed by atoms with Gasteiger partial charge in [-0.1, -0.05) is 0 Å². The van der Waals surface area contributed by atoms with Crippen molar-refractivity contribution in [2.24, 2.45) is 0 Å². The molecule has 3 aromatic heterocycles. The summed E-state index contributed by atoms with van der Waals surface area (Å²) in [7, 11) is -3.07. The van der Waals surface area contributed by atoms with E-state index >= 15 is 0 Å². The van der Waals surface area contributed by atoms with Crippen LogP contribution >= 0.6 is 0 Å². The van der Waals surface area contributed by atoms with Gasteiger partial charge in [0.15, 0.2) is 0 Å². The molecule has 5 rings (SSSR count). The topological polar surface area (TPSA) is 109 Å². The van der Waals surface area contributed by atoms with E-state index in [-0.39, 0.29) is 11.8 Å². The maximum atomic E-state index is 12.2. The molecule has 170 valence electrons. The highest BCUT2D eigenvalue weighted by Gasteiger charge is 2.36. The summed E-state index contributed by atoms with van der Waals surface area (Å²) >= 11 is 0. The summed E-state index contributed by atoms with van der Waals surface area (Å²) in [6, 6.07) is 4.19. The lowest BCUT2D eigenvalue weighted by molar-refractivity contribution is 0.290. The van der Waals surface area contributed by atoms with Gasteiger partial charge in [-0.15, -0.1) is 0 Å². The number of hydrogen-bond donors (Lipinski definition) is 1. The van der Waals surface area contributed by atoms with Gasteiger partial charge in [0.2, 0.25) is 16.0 Å². The Hall–Kier alpha value is -2.79. The standard InChI is InChI=1S/C21H28N8O2S/c1-15(2)28-14-24-17-13-23-20(12-18(17)28)25-19-4-7-22-21(26-19)27-9-5-16(6-10-27)29-8-3-11-32(29,30)31/h4,7,12-16H,3,5-6,8-11H2,1-2H3,(H,22,23,25,26). The fourth-order valence-electron chi connectivity index (χ4n) is 4.53. The van der Waals surface area contributed by atoms with E-state index in [1.807, 2.05) is 18.5 Å². The van der Waals surface area contributed by atoms with Crippen molar-refractivity contribution < 1.29 is 8.42 Å². The molecule has 32 heavy (non-hydrogen) atoms. The van der Waals surface area contributed by atoms with Crippen molar-refractivity contribution in [3.05, 3.63) is 30.9 Å². The third-order valence-corrected chi connectivity index (χ3v) is 8.21. The van der Waals surface area contributed by atoms with Crippen LogP contribution in [-0.2, 0) is 10.0 Å². The number of nitrogens with one attached hydrogen (secondary N) is 1. The lowest BCUT2D eigenvalue weighted by atomic mass is 10.1. The molecule has 2 aliphatic rings. The molecular formula is C21H28N8O2S. The first kappa shape index (κ1) is 21.1. The summed E-state index contributed by atoms with van der Waals surface area (Å²) in [5, 5.41) is 3.28. The van der Waals surface area contributed by atoms with Gasteiger partial charge in [-0.05, 0) is 39.2 Å². The Morgan fingerprint density at radius 1 is 1.09 bits per heavy atom. The minimum atomic E-state index is -3.07. The number of piperidine rings is 1. The van der Waals surface area contributed by atoms with E-state index in [4.69, 9.17) is 0 Å². The van der Waals surface area contributed by atoms with E-state index in [2.05, 4.69) is 48.6 Å². The van der Waals surface area contributed by atoms with Crippen molar-refractivity contribution in [1.29, 1.82) is 0 Å². The number of pyridine rings is 1. The number of sulfonamides is 1. The maximum Gasteiger partial charge on any atom is 0.227 e. The Morgan fingerprint density at radius 2 is 1.91 bits per heavy atom. The van der Waals surface area contributed by atoms with Crippen molar-refractivity contribution in [1.82, 2.24) is 28.8 Å². The number of imidazole rings is 1. The zero-order valence-electron chi connectivity index (χ0n) is 18.3. The number of fused-ring (bicyclic) bond motifs is 1. The van der Waals surface area contributed by atoms with Gasteiger partial charge in [0.05, 0.1) is 23.8 Å². The number of hydrogen-bond acceptors (Lipinski definition) is 8. The molecule has 0 spiro atoms. The van der Waals surface area contributed by atoms with Gasteiger partial charge in [-0.25, -0.2) is 23.4 Å². The first-order valence-electron chi connectivity index (χ1n) is 11.1. The van der Waals surface area contributed by atoms with Crippen LogP contribution in [0.4, 0.5) is 17.6 Å². The lowest BCUT2D eigenvalue weighted by Crippen LogP contribution is -2.46. The van der Waals surface area contributed by atoms with Crippen LogP contribution in [0.3, 0.4) is 0 Å². The quantitative estimate of drug-likeness (QED) is 0.624. The smallest absolute Gasteiger partial charge is 0.227 e. The van der Waals surface area contributed by atoms with Crippen LogP contribution in [0, 0.1) is 0 Å². The minimum Gasteiger partial charge on any atom is -0.341 e. The monoisotopic (exact) mass is 456 g/mol. The van der Waals surface area contributed by atoms with E-state index in [1.165, 1.54) is 0 Å². The summed E-state index contributed by atoms with van der Waals surface area (Å²) in [5.74, 6) is 2.29. The average Bonchev–Trinajstić information content (AvgIpc) is 3.36. The molecule has 2 aliphatic heterocycles. The van der Waals surface area contributed by atoms with Gasteiger partial charge in [0, 0.05) is 44.0 Å². The number of aromatic nitrogens is 5. The van der Waals surface area contributed by atoms with Crippen LogP contribution in [0.15, 0.2) is 30.9 Å². The van der Waals surface area contributed by atoms with E-state index in [1.54, 1.807) is 16.7 Å². The van der Waals surface area contributed by atoms with Gasteiger partial charge in [-0.3, -0.25) is 0 Å². The largest absolute Gasteiger partial charge is 0.341 e. The van der Waals surface area contributed by atoms with Crippen molar-refractivity contribution in [3.63, 3.8) is 0 Å². The van der Waals surface area contributed by atoms with Crippen molar-refractivity contribution >= 4 is 38.6 Å². The molecule has 11 heteroatoms. The van der Waals surface area contributed by atoms with Gasteiger partial charge >= 0.3 is 0 Å². The highest BCUT2D eigenvalue weighted by molar-refractivity contribution is 7.89. The van der Waals surface area contributed by atoms with Crippen molar-refractivity contribution in [3.8, 4) is 0 Å². The third-order valence-electron chi connectivity index (χ3n) is 6.21. The Labute approximate surface area is 187 Å². The molecule has 1 N–H and O–H groups in total. The van der Waals surface area contributed by atoms with Crippen molar-refractivity contribution in [2.75, 3.05) is 35.6 Å². The Morgan fingerprint density at radius 3 is 2.62 bits per heavy atom. The molecule has 3 aromatic rings. The fraction of sp³-hybridized carbons (Fsp3) is 0.524. The highest BCUT2D eigenvalue weighted by Crippen LogP contribution is 2.27. The average molecular weight is 457 g/mol. The molecule has 0 bridgehead atoms. The summed E-state index contributed by atoms with van der Waals surface area (Å²) in [6.45, 7) is 6.35. The number of anilines is 3. The fourth-order valence-corrected chi connectivity index (χ4v) is 6.34. The van der Waals surface area contributed by atoms with Crippen LogP contribution < -0.4 is 10.2 Å². The zero-order valence-corrected chi connectivity index (χ0v) is 19.2. The van der Waals surface area contributed by atoms with E-state index in [0.717, 1.165) is 43.4 Å². The molecule has 0 saturated carbocycles. The summed E-state index contributed by atoms with van der Waals surface area (Å²) in [5.41, 5.74) is 1.88. The first-order chi connectivity index (χ1) is 15.4. The van der Waals surface area contributed by atoms with E-state index < -0.39 is 10.0 Å². The van der Waals surface area contributed by atoms with Crippen LogP contribution in [0.2, 0.25) is 0 Å². The third kappa shape index (κ3) is 4.02. The molecule has 0 unspecified atom stereocenters. The summed E-state index contributed by atoms with van der Waals surface area (Å²) in [4.78, 5) is 20.1. The normalized spacial score (nSPS) is 19.8. The molecular weight excluding hydrogens is 428 g/mol. The van der Waals surface area contributed by atoms with Gasteiger partial charge < -0.3 is 14.8 Å². The first-order valence-corrected chi connectivity index (χ1v) is 12.7. The molecule has 5 heterocycles. The van der Waals surface area contributed by atoms with Crippen LogP contribution in [0.5, 0.6) is 0 Å². The maximum absolute atomic E-state index is 12.2. The second-order valence-electron chi connectivity index (χ2n) is 8.67.